The van der Waals surface area contributed by atoms with Crippen molar-refractivity contribution in [2.24, 2.45) is 23.7 Å². The molecule has 3 aliphatic rings. The van der Waals surface area contributed by atoms with E-state index < -0.39 is 38.0 Å². The predicted octanol–water partition coefficient (Wildman–Crippen LogP) is 3.29. The van der Waals surface area contributed by atoms with E-state index in [0.717, 1.165) is 0 Å². The molecule has 0 aromatic heterocycles. The van der Waals surface area contributed by atoms with Crippen LogP contribution in [-0.2, 0) is 33.0 Å². The monoisotopic (exact) mass is 440 g/mol. The number of hydrogen-bond acceptors (Lipinski definition) is 7. The Hall–Kier alpha value is -1.22. The normalized spacial score (nSPS) is 34.4. The molecule has 2 fully saturated rings. The van der Waals surface area contributed by atoms with Gasteiger partial charge >= 0.3 is 11.9 Å². The number of cyclic esters (lactones) is 1. The molecule has 0 radical (unpaired) electrons. The summed E-state index contributed by atoms with van der Waals surface area (Å²) in [6.45, 7) is 15.3. The summed E-state index contributed by atoms with van der Waals surface area (Å²) in [7, 11) is -0.873. The van der Waals surface area contributed by atoms with Crippen LogP contribution in [-0.4, -0.2) is 58.6 Å². The lowest BCUT2D eigenvalue weighted by molar-refractivity contribution is -0.165. The predicted molar refractivity (Wildman–Crippen MR) is 113 cm³/mol. The Morgan fingerprint density at radius 2 is 1.90 bits per heavy atom. The van der Waals surface area contributed by atoms with Crippen LogP contribution in [0.3, 0.4) is 0 Å². The third-order valence-corrected chi connectivity index (χ3v) is 11.5. The first-order valence-electron chi connectivity index (χ1n) is 10.7. The minimum absolute atomic E-state index is 0.0335. The molecule has 7 nitrogen and oxygen atoms in total. The van der Waals surface area contributed by atoms with Crippen molar-refractivity contribution in [2.45, 2.75) is 70.7 Å². The molecule has 6 atom stereocenters. The fourth-order valence-electron chi connectivity index (χ4n) is 4.32. The molecule has 0 N–H and O–H groups in total. The van der Waals surface area contributed by atoms with Gasteiger partial charge in [-0.3, -0.25) is 9.59 Å². The lowest BCUT2D eigenvalue weighted by Crippen LogP contribution is -2.54. The third-order valence-electron chi connectivity index (χ3n) is 7.02. The summed E-state index contributed by atoms with van der Waals surface area (Å²) in [5, 5.41) is -0.0335. The summed E-state index contributed by atoms with van der Waals surface area (Å²) in [4.78, 5) is 25.4. The first-order chi connectivity index (χ1) is 13.8. The van der Waals surface area contributed by atoms with Gasteiger partial charge in [-0.15, -0.1) is 0 Å². The number of carbonyl (C=O) groups excluding carboxylic acids is 2. The van der Waals surface area contributed by atoms with Crippen LogP contribution in [0.2, 0.25) is 18.1 Å². The van der Waals surface area contributed by atoms with Crippen molar-refractivity contribution in [1.29, 1.82) is 0 Å². The van der Waals surface area contributed by atoms with Crippen molar-refractivity contribution in [1.82, 2.24) is 0 Å². The maximum atomic E-state index is 12.9. The van der Waals surface area contributed by atoms with Gasteiger partial charge in [0.25, 0.3) is 0 Å². The summed E-state index contributed by atoms with van der Waals surface area (Å²) in [5.74, 6) is -3.23. The first kappa shape index (κ1) is 23.4. The van der Waals surface area contributed by atoms with E-state index in [1.807, 2.05) is 26.0 Å². The molecular weight excluding hydrogens is 404 g/mol. The summed E-state index contributed by atoms with van der Waals surface area (Å²) >= 11 is 0. The van der Waals surface area contributed by atoms with E-state index in [-0.39, 0.29) is 28.9 Å². The SMILES string of the molecule is COC(=O)[C@H]1[C@H]([C@H](O[Si](C)(C)C(C)(C)C)[C@@H]2COC(C)(C)O2)C=C[C@@H]2COC(=O)[C@@H]12. The molecule has 8 heteroatoms. The highest BCUT2D eigenvalue weighted by Crippen LogP contribution is 2.46. The van der Waals surface area contributed by atoms with Crippen molar-refractivity contribution in [2.75, 3.05) is 20.3 Å². The lowest BCUT2D eigenvalue weighted by Gasteiger charge is -2.45. The first-order valence-corrected chi connectivity index (χ1v) is 13.6. The molecule has 170 valence electrons. The van der Waals surface area contributed by atoms with E-state index >= 15 is 0 Å². The number of esters is 2. The highest BCUT2D eigenvalue weighted by atomic mass is 28.4. The smallest absolute Gasteiger partial charge is 0.310 e. The number of ether oxygens (including phenoxy) is 4. The van der Waals surface area contributed by atoms with E-state index in [4.69, 9.17) is 23.4 Å². The quantitative estimate of drug-likeness (QED) is 0.369. The van der Waals surface area contributed by atoms with Crippen molar-refractivity contribution >= 4 is 20.3 Å². The van der Waals surface area contributed by atoms with Gasteiger partial charge in [-0.1, -0.05) is 32.9 Å². The molecule has 2 aliphatic heterocycles. The van der Waals surface area contributed by atoms with Crippen LogP contribution in [0, 0.1) is 23.7 Å². The van der Waals surface area contributed by atoms with Gasteiger partial charge in [0.2, 0.25) is 0 Å². The van der Waals surface area contributed by atoms with Crippen LogP contribution >= 0.6 is 0 Å². The van der Waals surface area contributed by atoms with Gasteiger partial charge in [-0.25, -0.2) is 0 Å². The summed E-state index contributed by atoms with van der Waals surface area (Å²) in [5.41, 5.74) is 0. The number of rotatable bonds is 5. The van der Waals surface area contributed by atoms with Crippen LogP contribution in [0.5, 0.6) is 0 Å². The minimum atomic E-state index is -2.23. The molecule has 0 aromatic rings. The minimum Gasteiger partial charge on any atom is -0.469 e. The Balaban J connectivity index is 2.01. The third kappa shape index (κ3) is 4.37. The summed E-state index contributed by atoms with van der Waals surface area (Å²) < 4.78 is 29.3. The van der Waals surface area contributed by atoms with Crippen molar-refractivity contribution in [3.8, 4) is 0 Å². The molecule has 0 bridgehead atoms. The molecular formula is C22H36O7Si. The second kappa shape index (κ2) is 8.04. The molecule has 0 amide bonds. The average Bonchev–Trinajstić information content (AvgIpc) is 3.19. The van der Waals surface area contributed by atoms with Gasteiger partial charge in [-0.2, -0.15) is 0 Å². The fraction of sp³-hybridized carbons (Fsp3) is 0.818. The average molecular weight is 441 g/mol. The molecule has 3 rings (SSSR count). The van der Waals surface area contributed by atoms with Crippen LogP contribution in [0.25, 0.3) is 0 Å². The Kier molecular flexibility index (Phi) is 6.28. The summed E-state index contributed by atoms with van der Waals surface area (Å²) in [6.07, 6.45) is 3.19. The number of carbonyl (C=O) groups is 2. The number of hydrogen-bond donors (Lipinski definition) is 0. The topological polar surface area (TPSA) is 80.3 Å². The van der Waals surface area contributed by atoms with Gasteiger partial charge in [0, 0.05) is 11.8 Å². The van der Waals surface area contributed by atoms with Gasteiger partial charge < -0.3 is 23.4 Å². The highest BCUT2D eigenvalue weighted by Gasteiger charge is 2.55. The molecule has 0 unspecified atom stereocenters. The Morgan fingerprint density at radius 3 is 2.43 bits per heavy atom. The Labute approximate surface area is 180 Å². The standard InChI is InChI=1S/C22H36O7Si/c1-21(2,3)30(7,8)29-18(15-12-27-22(4,5)28-15)14-10-9-13-11-26-20(24)16(13)17(14)19(23)25-6/h9-10,13-18H,11-12H2,1-8H3/t13-,14-,15+,16-,17+,18+/m1/s1. The maximum absolute atomic E-state index is 12.9. The lowest BCUT2D eigenvalue weighted by atomic mass is 9.69. The zero-order valence-corrected chi connectivity index (χ0v) is 20.4. The van der Waals surface area contributed by atoms with Crippen molar-refractivity contribution < 1.29 is 33.0 Å². The van der Waals surface area contributed by atoms with E-state index in [1.165, 1.54) is 7.11 Å². The molecule has 0 saturated carbocycles. The molecule has 0 aromatic carbocycles. The van der Waals surface area contributed by atoms with Gasteiger partial charge in [0.15, 0.2) is 14.1 Å². The van der Waals surface area contributed by atoms with E-state index in [9.17, 15) is 9.59 Å². The Morgan fingerprint density at radius 1 is 1.23 bits per heavy atom. The van der Waals surface area contributed by atoms with Crippen LogP contribution < -0.4 is 0 Å². The molecule has 0 spiro atoms. The zero-order valence-electron chi connectivity index (χ0n) is 19.4. The second-order valence-electron chi connectivity index (χ2n) is 10.5. The number of fused-ring (bicyclic) bond motifs is 1. The fourth-order valence-corrected chi connectivity index (χ4v) is 5.66. The van der Waals surface area contributed by atoms with Crippen LogP contribution in [0.4, 0.5) is 0 Å². The van der Waals surface area contributed by atoms with Gasteiger partial charge in [-0.05, 0) is 32.0 Å². The highest BCUT2D eigenvalue weighted by molar-refractivity contribution is 6.74. The second-order valence-corrected chi connectivity index (χ2v) is 15.3. The van der Waals surface area contributed by atoms with Crippen molar-refractivity contribution in [3.63, 3.8) is 0 Å². The Bertz CT molecular complexity index is 709. The van der Waals surface area contributed by atoms with E-state index in [2.05, 4.69) is 33.9 Å². The number of methoxy groups -OCH3 is 1. The van der Waals surface area contributed by atoms with Gasteiger partial charge in [0.05, 0.1) is 38.3 Å². The maximum Gasteiger partial charge on any atom is 0.310 e. The van der Waals surface area contributed by atoms with E-state index in [1.54, 1.807) is 0 Å². The van der Waals surface area contributed by atoms with Crippen LogP contribution in [0.1, 0.15) is 34.6 Å². The molecule has 2 saturated heterocycles. The van der Waals surface area contributed by atoms with Gasteiger partial charge in [0.1, 0.15) is 6.10 Å². The molecule has 2 heterocycles. The van der Waals surface area contributed by atoms with Crippen LogP contribution in [0.15, 0.2) is 12.2 Å². The molecule has 30 heavy (non-hydrogen) atoms. The largest absolute Gasteiger partial charge is 0.469 e. The van der Waals surface area contributed by atoms with E-state index in [0.29, 0.717) is 13.2 Å². The van der Waals surface area contributed by atoms with Crippen molar-refractivity contribution in [3.05, 3.63) is 12.2 Å². The molecule has 1 aliphatic carbocycles. The zero-order chi connectivity index (χ0) is 22.5. The summed E-state index contributed by atoms with van der Waals surface area (Å²) in [6, 6.07) is 0.